The number of rotatable bonds is 13. The zero-order valence-electron chi connectivity index (χ0n) is 22.6. The number of carbonyl (C=O) groups is 2. The number of alkyl carbamates (subject to hydrolysis) is 1. The molecule has 2 amide bonds. The van der Waals surface area contributed by atoms with Crippen molar-refractivity contribution in [2.24, 2.45) is 0 Å². The third-order valence-electron chi connectivity index (χ3n) is 5.76. The molecule has 3 aromatic rings. The van der Waals surface area contributed by atoms with Crippen LogP contribution in [0.1, 0.15) is 43.9 Å². The fourth-order valence-corrected chi connectivity index (χ4v) is 5.19. The first-order chi connectivity index (χ1) is 18.3. The number of benzene rings is 2. The molecule has 6 nitrogen and oxygen atoms in total. The van der Waals surface area contributed by atoms with Gasteiger partial charge < -0.3 is 15.4 Å². The van der Waals surface area contributed by atoms with Crippen LogP contribution >= 0.6 is 11.8 Å². The maximum Gasteiger partial charge on any atom is 0.407 e. The van der Waals surface area contributed by atoms with Crippen LogP contribution in [0.15, 0.2) is 85.2 Å². The number of aromatic nitrogens is 1. The van der Waals surface area contributed by atoms with E-state index in [9.17, 15) is 9.59 Å². The summed E-state index contributed by atoms with van der Waals surface area (Å²) < 4.78 is 5.51. The molecule has 2 atom stereocenters. The van der Waals surface area contributed by atoms with Crippen molar-refractivity contribution in [3.8, 4) is 0 Å². The SMILES string of the molecule is CC(C)(C)OC(=O)N[C@@H](CS[C@@H](Cc1ccccc1)C(=O)NCCCc1cccnc1)Cc1ccccc1. The second-order valence-corrected chi connectivity index (χ2v) is 11.5. The Labute approximate surface area is 231 Å². The van der Waals surface area contributed by atoms with Crippen LogP contribution in [0.25, 0.3) is 0 Å². The van der Waals surface area contributed by atoms with Crippen molar-refractivity contribution >= 4 is 23.8 Å². The molecule has 1 aromatic heterocycles. The summed E-state index contributed by atoms with van der Waals surface area (Å²) in [6.45, 7) is 6.15. The Kier molecular flexibility index (Phi) is 11.7. The molecule has 0 fully saturated rings. The number of ether oxygens (including phenoxy) is 1. The van der Waals surface area contributed by atoms with Crippen molar-refractivity contribution in [3.63, 3.8) is 0 Å². The molecule has 2 aromatic carbocycles. The second kappa shape index (κ2) is 15.2. The van der Waals surface area contributed by atoms with Gasteiger partial charge in [-0.1, -0.05) is 66.7 Å². The van der Waals surface area contributed by atoms with Gasteiger partial charge in [0.05, 0.1) is 5.25 Å². The number of pyridine rings is 1. The third-order valence-corrected chi connectivity index (χ3v) is 7.14. The normalized spacial score (nSPS) is 12.8. The van der Waals surface area contributed by atoms with Crippen molar-refractivity contribution in [2.45, 2.75) is 63.3 Å². The summed E-state index contributed by atoms with van der Waals surface area (Å²) in [6.07, 6.45) is 6.15. The van der Waals surface area contributed by atoms with Crippen LogP contribution in [-0.2, 0) is 28.8 Å². The molecule has 2 N–H and O–H groups in total. The molecular weight excluding hydrogens is 494 g/mol. The number of nitrogens with one attached hydrogen (secondary N) is 2. The first-order valence-corrected chi connectivity index (χ1v) is 14.2. The van der Waals surface area contributed by atoms with Gasteiger partial charge in [-0.05, 0) is 69.2 Å². The predicted molar refractivity (Wildman–Crippen MR) is 155 cm³/mol. The van der Waals surface area contributed by atoms with Crippen LogP contribution in [0.3, 0.4) is 0 Å². The molecule has 0 unspecified atom stereocenters. The molecular formula is C31H39N3O3S. The van der Waals surface area contributed by atoms with Gasteiger partial charge in [0.2, 0.25) is 5.91 Å². The Hall–Kier alpha value is -3.32. The Bertz CT molecular complexity index is 1110. The number of amides is 2. The molecule has 0 aliphatic rings. The summed E-state index contributed by atoms with van der Waals surface area (Å²) in [6, 6.07) is 23.9. The number of aryl methyl sites for hydroxylation is 1. The number of hydrogen-bond donors (Lipinski definition) is 2. The zero-order chi connectivity index (χ0) is 27.2. The minimum atomic E-state index is -0.583. The lowest BCUT2D eigenvalue weighted by molar-refractivity contribution is -0.120. The fraction of sp³-hybridized carbons (Fsp3) is 0.387. The molecule has 202 valence electrons. The van der Waals surface area contributed by atoms with E-state index < -0.39 is 11.7 Å². The van der Waals surface area contributed by atoms with Gasteiger partial charge in [-0.2, -0.15) is 0 Å². The summed E-state index contributed by atoms with van der Waals surface area (Å²) >= 11 is 1.57. The van der Waals surface area contributed by atoms with E-state index in [0.717, 1.165) is 29.5 Å². The summed E-state index contributed by atoms with van der Waals surface area (Å²) in [5, 5.41) is 5.87. The van der Waals surface area contributed by atoms with Crippen molar-refractivity contribution < 1.29 is 14.3 Å². The van der Waals surface area contributed by atoms with Crippen LogP contribution in [0.5, 0.6) is 0 Å². The maximum atomic E-state index is 13.3. The summed E-state index contributed by atoms with van der Waals surface area (Å²) in [7, 11) is 0. The van der Waals surface area contributed by atoms with Crippen molar-refractivity contribution in [3.05, 3.63) is 102 Å². The van der Waals surface area contributed by atoms with Crippen LogP contribution < -0.4 is 10.6 Å². The van der Waals surface area contributed by atoms with E-state index in [-0.39, 0.29) is 17.2 Å². The molecule has 38 heavy (non-hydrogen) atoms. The van der Waals surface area contributed by atoms with E-state index in [1.807, 2.05) is 99.8 Å². The molecule has 0 aliphatic carbocycles. The van der Waals surface area contributed by atoms with E-state index in [1.54, 1.807) is 18.0 Å². The van der Waals surface area contributed by atoms with Gasteiger partial charge in [0.15, 0.2) is 0 Å². The van der Waals surface area contributed by atoms with Gasteiger partial charge in [0.1, 0.15) is 5.60 Å². The van der Waals surface area contributed by atoms with Crippen LogP contribution in [0.4, 0.5) is 4.79 Å². The Morgan fingerprint density at radius 2 is 1.53 bits per heavy atom. The van der Waals surface area contributed by atoms with Crippen LogP contribution in [-0.4, -0.2) is 46.2 Å². The minimum absolute atomic E-state index is 0.0146. The molecule has 0 bridgehead atoms. The van der Waals surface area contributed by atoms with Gasteiger partial charge in [0.25, 0.3) is 0 Å². The lowest BCUT2D eigenvalue weighted by Gasteiger charge is -2.25. The molecule has 0 aliphatic heterocycles. The van der Waals surface area contributed by atoms with Gasteiger partial charge in [-0.3, -0.25) is 9.78 Å². The van der Waals surface area contributed by atoms with Gasteiger partial charge >= 0.3 is 6.09 Å². The summed E-state index contributed by atoms with van der Waals surface area (Å²) in [4.78, 5) is 30.0. The molecule has 0 spiro atoms. The standard InChI is InChI=1S/C31H39N3O3S/c1-31(2,3)37-30(36)34-27(20-24-12-6-4-7-13-24)23-38-28(21-25-14-8-5-9-15-25)29(35)33-19-11-17-26-16-10-18-32-22-26/h4-10,12-16,18,22,27-28H,11,17,19-21,23H2,1-3H3,(H,33,35)(H,34,36)/t27-,28+/m1/s1. The highest BCUT2D eigenvalue weighted by Crippen LogP contribution is 2.20. The number of nitrogens with zero attached hydrogens (tertiary/aromatic N) is 1. The van der Waals surface area contributed by atoms with E-state index in [4.69, 9.17) is 4.74 Å². The topological polar surface area (TPSA) is 80.3 Å². The first kappa shape index (κ1) is 29.2. The molecule has 3 rings (SSSR count). The Morgan fingerprint density at radius 1 is 0.895 bits per heavy atom. The fourth-order valence-electron chi connectivity index (χ4n) is 3.98. The Balaban J connectivity index is 1.63. The van der Waals surface area contributed by atoms with E-state index >= 15 is 0 Å². The third kappa shape index (κ3) is 11.4. The largest absolute Gasteiger partial charge is 0.444 e. The molecule has 7 heteroatoms. The van der Waals surface area contributed by atoms with Gasteiger partial charge in [-0.25, -0.2) is 4.79 Å². The van der Waals surface area contributed by atoms with Crippen molar-refractivity contribution in [1.82, 2.24) is 15.6 Å². The second-order valence-electron chi connectivity index (χ2n) is 10.3. The molecule has 1 heterocycles. The monoisotopic (exact) mass is 533 g/mol. The number of thioether (sulfide) groups is 1. The van der Waals surface area contributed by atoms with Crippen LogP contribution in [0, 0.1) is 0 Å². The van der Waals surface area contributed by atoms with Crippen molar-refractivity contribution in [1.29, 1.82) is 0 Å². The smallest absolute Gasteiger partial charge is 0.407 e. The molecule has 0 radical (unpaired) electrons. The maximum absolute atomic E-state index is 13.3. The quantitative estimate of drug-likeness (QED) is 0.279. The highest BCUT2D eigenvalue weighted by Gasteiger charge is 2.24. The lowest BCUT2D eigenvalue weighted by Crippen LogP contribution is -2.43. The van der Waals surface area contributed by atoms with Crippen molar-refractivity contribution in [2.75, 3.05) is 12.3 Å². The van der Waals surface area contributed by atoms with Gasteiger partial charge in [-0.15, -0.1) is 11.8 Å². The first-order valence-electron chi connectivity index (χ1n) is 13.1. The summed E-state index contributed by atoms with van der Waals surface area (Å²) in [5.74, 6) is 0.593. The molecule has 0 saturated carbocycles. The average molecular weight is 534 g/mol. The number of hydrogen-bond acceptors (Lipinski definition) is 5. The van der Waals surface area contributed by atoms with Gasteiger partial charge in [0, 0.05) is 30.7 Å². The van der Waals surface area contributed by atoms with E-state index in [0.29, 0.717) is 25.1 Å². The Morgan fingerprint density at radius 3 is 2.13 bits per heavy atom. The average Bonchev–Trinajstić information content (AvgIpc) is 2.89. The predicted octanol–water partition coefficient (Wildman–Crippen LogP) is 5.61. The van der Waals surface area contributed by atoms with Crippen LogP contribution in [0.2, 0.25) is 0 Å². The highest BCUT2D eigenvalue weighted by molar-refractivity contribution is 8.00. The minimum Gasteiger partial charge on any atom is -0.444 e. The van der Waals surface area contributed by atoms with E-state index in [1.165, 1.54) is 0 Å². The summed E-state index contributed by atoms with van der Waals surface area (Å²) in [5.41, 5.74) is 2.80. The lowest BCUT2D eigenvalue weighted by atomic mass is 10.1. The zero-order valence-corrected chi connectivity index (χ0v) is 23.4. The highest BCUT2D eigenvalue weighted by atomic mass is 32.2. The van der Waals surface area contributed by atoms with E-state index in [2.05, 4.69) is 15.6 Å². The number of carbonyl (C=O) groups excluding carboxylic acids is 2. The molecule has 0 saturated heterocycles.